The average Bonchev–Trinajstić information content (AvgIpc) is 2.35. The van der Waals surface area contributed by atoms with Crippen molar-refractivity contribution < 1.29 is 14.6 Å². The predicted molar refractivity (Wildman–Crippen MR) is 65.8 cm³/mol. The lowest BCUT2D eigenvalue weighted by molar-refractivity contribution is -0.134. The lowest BCUT2D eigenvalue weighted by Crippen LogP contribution is -2.57. The van der Waals surface area contributed by atoms with Crippen LogP contribution in [0.3, 0.4) is 0 Å². The highest BCUT2D eigenvalue weighted by molar-refractivity contribution is 5.81. The van der Waals surface area contributed by atoms with E-state index < -0.39 is 0 Å². The van der Waals surface area contributed by atoms with Gasteiger partial charge < -0.3 is 15.2 Å². The first-order valence-corrected chi connectivity index (χ1v) is 6.36. The number of ether oxygens (including phenoxy) is 1. The summed E-state index contributed by atoms with van der Waals surface area (Å²) in [7, 11) is 0. The van der Waals surface area contributed by atoms with E-state index in [0.717, 1.165) is 6.42 Å². The van der Waals surface area contributed by atoms with Crippen molar-refractivity contribution in [3.63, 3.8) is 0 Å². The minimum Gasteiger partial charge on any atom is -0.394 e. The van der Waals surface area contributed by atoms with Gasteiger partial charge in [-0.1, -0.05) is 6.92 Å². The van der Waals surface area contributed by atoms with Gasteiger partial charge in [0, 0.05) is 19.1 Å². The third-order valence-corrected chi connectivity index (χ3v) is 3.18. The van der Waals surface area contributed by atoms with Crippen molar-refractivity contribution in [2.24, 2.45) is 0 Å². The largest absolute Gasteiger partial charge is 0.394 e. The first-order valence-electron chi connectivity index (χ1n) is 6.36. The van der Waals surface area contributed by atoms with E-state index in [0.29, 0.717) is 19.7 Å². The Morgan fingerprint density at radius 3 is 2.94 bits per heavy atom. The molecule has 1 saturated heterocycles. The normalized spacial score (nSPS) is 27.8. The Morgan fingerprint density at radius 1 is 1.65 bits per heavy atom. The monoisotopic (exact) mass is 244 g/mol. The number of hydrogen-bond acceptors (Lipinski definition) is 4. The number of hydrogen-bond donors (Lipinski definition) is 2. The molecule has 3 unspecified atom stereocenters. The second-order valence-electron chi connectivity index (χ2n) is 4.65. The molecule has 1 aliphatic heterocycles. The van der Waals surface area contributed by atoms with E-state index in [1.165, 1.54) is 0 Å². The molecule has 0 saturated carbocycles. The van der Waals surface area contributed by atoms with E-state index in [2.05, 4.69) is 10.2 Å². The van der Waals surface area contributed by atoms with Gasteiger partial charge in [-0.2, -0.15) is 0 Å². The number of rotatable bonds is 5. The topological polar surface area (TPSA) is 61.8 Å². The molecule has 17 heavy (non-hydrogen) atoms. The quantitative estimate of drug-likeness (QED) is 0.713. The molecule has 1 amide bonds. The van der Waals surface area contributed by atoms with E-state index in [1.54, 1.807) is 0 Å². The average molecular weight is 244 g/mol. The van der Waals surface area contributed by atoms with E-state index in [1.807, 2.05) is 20.8 Å². The second-order valence-corrected chi connectivity index (χ2v) is 4.65. The predicted octanol–water partition coefficient (Wildman–Crippen LogP) is -0.0173. The molecule has 2 N–H and O–H groups in total. The molecule has 1 heterocycles. The van der Waals surface area contributed by atoms with Gasteiger partial charge in [0.1, 0.15) is 0 Å². The van der Waals surface area contributed by atoms with Crippen molar-refractivity contribution in [2.75, 3.05) is 26.3 Å². The van der Waals surface area contributed by atoms with Gasteiger partial charge in [0.2, 0.25) is 5.91 Å². The maximum atomic E-state index is 11.9. The zero-order valence-electron chi connectivity index (χ0n) is 11.0. The Morgan fingerprint density at radius 2 is 2.35 bits per heavy atom. The van der Waals surface area contributed by atoms with E-state index in [4.69, 9.17) is 9.84 Å². The molecule has 1 rings (SSSR count). The number of aliphatic hydroxyl groups is 1. The Kier molecular flexibility index (Phi) is 5.88. The zero-order chi connectivity index (χ0) is 12.8. The fraction of sp³-hybridized carbons (Fsp3) is 0.917. The molecule has 0 bridgehead atoms. The summed E-state index contributed by atoms with van der Waals surface area (Å²) in [5.41, 5.74) is 0. The molecule has 5 nitrogen and oxygen atoms in total. The van der Waals surface area contributed by atoms with E-state index >= 15 is 0 Å². The van der Waals surface area contributed by atoms with Crippen LogP contribution in [0.2, 0.25) is 0 Å². The van der Waals surface area contributed by atoms with Crippen molar-refractivity contribution >= 4 is 5.91 Å². The van der Waals surface area contributed by atoms with Crippen LogP contribution < -0.4 is 5.32 Å². The molecule has 100 valence electrons. The SMILES string of the molecule is CCCNC(=O)C(C)N1CC(CO)OCC1C. The van der Waals surface area contributed by atoms with Gasteiger partial charge in [-0.25, -0.2) is 0 Å². The third kappa shape index (κ3) is 3.94. The van der Waals surface area contributed by atoms with Gasteiger partial charge in [0.05, 0.1) is 25.4 Å². The van der Waals surface area contributed by atoms with Crippen LogP contribution in [0.4, 0.5) is 0 Å². The van der Waals surface area contributed by atoms with E-state index in [-0.39, 0.29) is 30.7 Å². The number of nitrogens with zero attached hydrogens (tertiary/aromatic N) is 1. The molecule has 5 heteroatoms. The molecular formula is C12H24N2O3. The summed E-state index contributed by atoms with van der Waals surface area (Å²) in [6, 6.07) is 0.0367. The molecular weight excluding hydrogens is 220 g/mol. The molecule has 0 aromatic rings. The number of aliphatic hydroxyl groups excluding tert-OH is 1. The standard InChI is InChI=1S/C12H24N2O3/c1-4-5-13-12(16)10(3)14-6-11(7-15)17-8-9(14)2/h9-11,15H,4-8H2,1-3H3,(H,13,16). The maximum absolute atomic E-state index is 11.9. The van der Waals surface area contributed by atoms with Crippen LogP contribution in [0.15, 0.2) is 0 Å². The number of carbonyl (C=O) groups excluding carboxylic acids is 1. The lowest BCUT2D eigenvalue weighted by atomic mass is 10.1. The Hall–Kier alpha value is -0.650. The molecule has 0 aliphatic carbocycles. The Bertz CT molecular complexity index is 248. The number of nitrogens with one attached hydrogen (secondary N) is 1. The van der Waals surface area contributed by atoms with Crippen molar-refractivity contribution in [2.45, 2.75) is 45.4 Å². The van der Waals surface area contributed by atoms with Gasteiger partial charge in [0.15, 0.2) is 0 Å². The minimum absolute atomic E-state index is 0.00647. The van der Waals surface area contributed by atoms with Crippen molar-refractivity contribution in [1.29, 1.82) is 0 Å². The minimum atomic E-state index is -0.173. The summed E-state index contributed by atoms with van der Waals surface area (Å²) in [4.78, 5) is 14.0. The van der Waals surface area contributed by atoms with Crippen LogP contribution in [0, 0.1) is 0 Å². The zero-order valence-corrected chi connectivity index (χ0v) is 11.0. The molecule has 0 spiro atoms. The van der Waals surface area contributed by atoms with Gasteiger partial charge in [-0.3, -0.25) is 9.69 Å². The van der Waals surface area contributed by atoms with E-state index in [9.17, 15) is 4.79 Å². The number of carbonyl (C=O) groups is 1. The molecule has 1 fully saturated rings. The first-order chi connectivity index (χ1) is 8.10. The van der Waals surface area contributed by atoms with Crippen LogP contribution in [-0.2, 0) is 9.53 Å². The Labute approximate surface area is 103 Å². The summed E-state index contributed by atoms with van der Waals surface area (Å²) < 4.78 is 5.46. The van der Waals surface area contributed by atoms with Gasteiger partial charge in [0.25, 0.3) is 0 Å². The number of morpholine rings is 1. The van der Waals surface area contributed by atoms with Crippen LogP contribution in [-0.4, -0.2) is 60.4 Å². The summed E-state index contributed by atoms with van der Waals surface area (Å²) in [5.74, 6) is 0.0530. The summed E-state index contributed by atoms with van der Waals surface area (Å²) in [6.45, 7) is 7.87. The van der Waals surface area contributed by atoms with Crippen LogP contribution in [0.5, 0.6) is 0 Å². The summed E-state index contributed by atoms with van der Waals surface area (Å²) in [5, 5.41) is 12.0. The van der Waals surface area contributed by atoms with Crippen molar-refractivity contribution in [3.05, 3.63) is 0 Å². The third-order valence-electron chi connectivity index (χ3n) is 3.18. The highest BCUT2D eigenvalue weighted by Gasteiger charge is 2.31. The fourth-order valence-electron chi connectivity index (χ4n) is 2.04. The van der Waals surface area contributed by atoms with Crippen LogP contribution in [0.25, 0.3) is 0 Å². The molecule has 0 aromatic carbocycles. The highest BCUT2D eigenvalue weighted by Crippen LogP contribution is 2.14. The smallest absolute Gasteiger partial charge is 0.237 e. The molecule has 0 radical (unpaired) electrons. The van der Waals surface area contributed by atoms with Gasteiger partial charge >= 0.3 is 0 Å². The summed E-state index contributed by atoms with van der Waals surface area (Å²) >= 11 is 0. The molecule has 3 atom stereocenters. The first kappa shape index (κ1) is 14.4. The molecule has 1 aliphatic rings. The maximum Gasteiger partial charge on any atom is 0.237 e. The fourth-order valence-corrected chi connectivity index (χ4v) is 2.04. The highest BCUT2D eigenvalue weighted by atomic mass is 16.5. The van der Waals surface area contributed by atoms with Crippen molar-refractivity contribution in [3.8, 4) is 0 Å². The van der Waals surface area contributed by atoms with Crippen LogP contribution >= 0.6 is 0 Å². The van der Waals surface area contributed by atoms with Gasteiger partial charge in [-0.15, -0.1) is 0 Å². The van der Waals surface area contributed by atoms with Gasteiger partial charge in [-0.05, 0) is 20.3 Å². The molecule has 0 aromatic heterocycles. The number of amides is 1. The Balaban J connectivity index is 2.53. The van der Waals surface area contributed by atoms with Crippen LogP contribution in [0.1, 0.15) is 27.2 Å². The second kappa shape index (κ2) is 6.93. The lowest BCUT2D eigenvalue weighted by Gasteiger charge is -2.40. The summed E-state index contributed by atoms with van der Waals surface area (Å²) in [6.07, 6.45) is 0.767. The van der Waals surface area contributed by atoms with Crippen molar-refractivity contribution in [1.82, 2.24) is 10.2 Å².